The molecule has 2 rings (SSSR count). The molecule has 2 nitrogen and oxygen atoms in total. The highest BCUT2D eigenvalue weighted by atomic mass is 79.9. The van der Waals surface area contributed by atoms with Gasteiger partial charge in [0, 0.05) is 16.1 Å². The molecule has 1 aromatic carbocycles. The van der Waals surface area contributed by atoms with Crippen LogP contribution in [0.5, 0.6) is 5.75 Å². The second-order valence-electron chi connectivity index (χ2n) is 3.79. The number of aromatic hydroxyl groups is 1. The number of phenolic OH excluding ortho intramolecular Hbond substituents is 1. The second-order valence-corrected chi connectivity index (χ2v) is 4.65. The van der Waals surface area contributed by atoms with Crippen molar-refractivity contribution in [1.29, 1.82) is 0 Å². The summed E-state index contributed by atoms with van der Waals surface area (Å²) < 4.78 is 14.0. The van der Waals surface area contributed by atoms with Crippen molar-refractivity contribution in [2.24, 2.45) is 0 Å². The summed E-state index contributed by atoms with van der Waals surface area (Å²) in [6, 6.07) is 2.97. The Balaban J connectivity index is 2.36. The summed E-state index contributed by atoms with van der Waals surface area (Å²) in [5.41, 5.74) is 0.648. The predicted octanol–water partition coefficient (Wildman–Crippen LogP) is 3.11. The molecule has 0 amide bonds. The normalized spacial score (nSPS) is 21.6. The molecule has 1 aliphatic heterocycles. The van der Waals surface area contributed by atoms with Crippen LogP contribution >= 0.6 is 15.9 Å². The Morgan fingerprint density at radius 1 is 1.40 bits per heavy atom. The van der Waals surface area contributed by atoms with Crippen molar-refractivity contribution in [3.63, 3.8) is 0 Å². The molecule has 2 N–H and O–H groups in total. The van der Waals surface area contributed by atoms with E-state index < -0.39 is 5.82 Å². The van der Waals surface area contributed by atoms with Crippen LogP contribution in [0.3, 0.4) is 0 Å². The first-order valence-corrected chi connectivity index (χ1v) is 5.89. The number of hydrogen-bond acceptors (Lipinski definition) is 2. The highest BCUT2D eigenvalue weighted by molar-refractivity contribution is 9.10. The maximum absolute atomic E-state index is 13.2. The average molecular weight is 274 g/mol. The smallest absolute Gasteiger partial charge is 0.165 e. The van der Waals surface area contributed by atoms with Gasteiger partial charge in [-0.2, -0.15) is 0 Å². The molecule has 0 aliphatic carbocycles. The van der Waals surface area contributed by atoms with Crippen molar-refractivity contribution >= 4 is 15.9 Å². The summed E-state index contributed by atoms with van der Waals surface area (Å²) >= 11 is 3.35. The van der Waals surface area contributed by atoms with Crippen molar-refractivity contribution in [3.8, 4) is 5.75 Å². The first-order chi connectivity index (χ1) is 7.20. The number of nitrogens with one attached hydrogen (secondary N) is 1. The Morgan fingerprint density at radius 2 is 2.20 bits per heavy atom. The van der Waals surface area contributed by atoms with Crippen molar-refractivity contribution in [2.75, 3.05) is 6.54 Å². The van der Waals surface area contributed by atoms with E-state index in [4.69, 9.17) is 0 Å². The average Bonchev–Trinajstić information content (AvgIpc) is 2.26. The number of hydrogen-bond donors (Lipinski definition) is 2. The van der Waals surface area contributed by atoms with Crippen molar-refractivity contribution in [1.82, 2.24) is 5.32 Å². The van der Waals surface area contributed by atoms with Crippen molar-refractivity contribution in [2.45, 2.75) is 25.3 Å². The number of benzene rings is 1. The Hall–Kier alpha value is -0.610. The van der Waals surface area contributed by atoms with Crippen LogP contribution in [0.1, 0.15) is 30.9 Å². The fraction of sp³-hybridized carbons (Fsp3) is 0.455. The Labute approximate surface area is 96.6 Å². The third-order valence-corrected chi connectivity index (χ3v) is 3.46. The van der Waals surface area contributed by atoms with Crippen LogP contribution in [0.4, 0.5) is 4.39 Å². The summed E-state index contributed by atoms with van der Waals surface area (Å²) in [5, 5.41) is 13.0. The highest BCUT2D eigenvalue weighted by Crippen LogP contribution is 2.37. The van der Waals surface area contributed by atoms with Crippen molar-refractivity contribution in [3.05, 3.63) is 28.0 Å². The number of piperidine rings is 1. The summed E-state index contributed by atoms with van der Waals surface area (Å²) in [6.45, 7) is 0.924. The summed E-state index contributed by atoms with van der Waals surface area (Å²) in [6.07, 6.45) is 3.19. The zero-order valence-electron chi connectivity index (χ0n) is 8.26. The Morgan fingerprint density at radius 3 is 2.87 bits per heavy atom. The fourth-order valence-electron chi connectivity index (χ4n) is 1.99. The quantitative estimate of drug-likeness (QED) is 0.824. The van der Waals surface area contributed by atoms with Gasteiger partial charge in [-0.25, -0.2) is 4.39 Å². The third kappa shape index (κ3) is 2.16. The van der Waals surface area contributed by atoms with Gasteiger partial charge in [-0.3, -0.25) is 0 Å². The molecule has 0 aromatic heterocycles. The molecule has 0 saturated carbocycles. The van der Waals surface area contributed by atoms with Gasteiger partial charge >= 0.3 is 0 Å². The minimum absolute atomic E-state index is 0.0591. The van der Waals surface area contributed by atoms with Crippen LogP contribution in [0.15, 0.2) is 16.6 Å². The molecule has 4 heteroatoms. The van der Waals surface area contributed by atoms with Gasteiger partial charge in [0.1, 0.15) is 0 Å². The Kier molecular flexibility index (Phi) is 3.26. The van der Waals surface area contributed by atoms with Crippen LogP contribution in [-0.2, 0) is 0 Å². The fourth-order valence-corrected chi connectivity index (χ4v) is 2.58. The van der Waals surface area contributed by atoms with E-state index in [9.17, 15) is 9.50 Å². The van der Waals surface area contributed by atoms with Gasteiger partial charge < -0.3 is 10.4 Å². The molecule has 1 aliphatic rings. The molecule has 0 bridgehead atoms. The van der Waals surface area contributed by atoms with E-state index in [0.29, 0.717) is 5.56 Å². The Bertz CT molecular complexity index is 364. The van der Waals surface area contributed by atoms with Crippen LogP contribution < -0.4 is 5.32 Å². The first-order valence-electron chi connectivity index (χ1n) is 5.10. The molecule has 15 heavy (non-hydrogen) atoms. The molecule has 1 aromatic rings. The lowest BCUT2D eigenvalue weighted by atomic mass is 9.97. The van der Waals surface area contributed by atoms with Gasteiger partial charge in [-0.15, -0.1) is 0 Å². The second kappa shape index (κ2) is 4.49. The number of halogens is 2. The lowest BCUT2D eigenvalue weighted by molar-refractivity contribution is 0.376. The third-order valence-electron chi connectivity index (χ3n) is 2.77. The zero-order chi connectivity index (χ0) is 10.8. The molecule has 1 heterocycles. The van der Waals surface area contributed by atoms with E-state index >= 15 is 0 Å². The first kappa shape index (κ1) is 10.9. The standard InChI is InChI=1S/C11H13BrFNO/c12-7-4-5-8(13)11(15)10(7)9-3-1-2-6-14-9/h4-5,9,14-15H,1-3,6H2/t9-/m1/s1. The van der Waals surface area contributed by atoms with Crippen LogP contribution in [0.25, 0.3) is 0 Å². The zero-order valence-corrected chi connectivity index (χ0v) is 9.85. The molecule has 82 valence electrons. The summed E-state index contributed by atoms with van der Waals surface area (Å²) in [4.78, 5) is 0. The van der Waals surface area contributed by atoms with Crippen LogP contribution in [0, 0.1) is 5.82 Å². The van der Waals surface area contributed by atoms with Gasteiger partial charge in [0.25, 0.3) is 0 Å². The predicted molar refractivity (Wildman–Crippen MR) is 60.4 cm³/mol. The monoisotopic (exact) mass is 273 g/mol. The van der Waals surface area contributed by atoms with E-state index in [1.165, 1.54) is 6.07 Å². The lowest BCUT2D eigenvalue weighted by Crippen LogP contribution is -2.27. The van der Waals surface area contributed by atoms with E-state index in [-0.39, 0.29) is 11.8 Å². The summed E-state index contributed by atoms with van der Waals surface area (Å²) in [5.74, 6) is -0.788. The molecule has 0 radical (unpaired) electrons. The van der Waals surface area contributed by atoms with E-state index in [2.05, 4.69) is 21.2 Å². The summed E-state index contributed by atoms with van der Waals surface area (Å²) in [7, 11) is 0. The van der Waals surface area contributed by atoms with Gasteiger partial charge in [0.2, 0.25) is 0 Å². The maximum atomic E-state index is 13.2. The number of phenols is 1. The largest absolute Gasteiger partial charge is 0.505 e. The number of rotatable bonds is 1. The minimum Gasteiger partial charge on any atom is -0.505 e. The molecule has 1 saturated heterocycles. The van der Waals surface area contributed by atoms with Crippen molar-refractivity contribution < 1.29 is 9.50 Å². The molecular weight excluding hydrogens is 261 g/mol. The minimum atomic E-state index is -0.555. The SMILES string of the molecule is Oc1c(F)ccc(Br)c1[C@H]1CCCCN1. The molecule has 1 fully saturated rings. The molecule has 1 atom stereocenters. The van der Waals surface area contributed by atoms with Gasteiger partial charge in [-0.1, -0.05) is 22.4 Å². The van der Waals surface area contributed by atoms with E-state index in [1.54, 1.807) is 6.07 Å². The highest BCUT2D eigenvalue weighted by Gasteiger charge is 2.22. The van der Waals surface area contributed by atoms with Gasteiger partial charge in [0.15, 0.2) is 11.6 Å². The molecule has 0 spiro atoms. The molecule has 0 unspecified atom stereocenters. The molecular formula is C11H13BrFNO. The topological polar surface area (TPSA) is 32.3 Å². The lowest BCUT2D eigenvalue weighted by Gasteiger charge is -2.25. The van der Waals surface area contributed by atoms with Crippen LogP contribution in [-0.4, -0.2) is 11.7 Å². The van der Waals surface area contributed by atoms with Gasteiger partial charge in [-0.05, 0) is 31.5 Å². The van der Waals surface area contributed by atoms with Gasteiger partial charge in [0.05, 0.1) is 0 Å². The maximum Gasteiger partial charge on any atom is 0.165 e. The van der Waals surface area contributed by atoms with E-state index in [0.717, 1.165) is 30.3 Å². The van der Waals surface area contributed by atoms with E-state index in [1.807, 2.05) is 0 Å². The van der Waals surface area contributed by atoms with Crippen LogP contribution in [0.2, 0.25) is 0 Å².